The summed E-state index contributed by atoms with van der Waals surface area (Å²) in [5.74, 6) is 0. The molecule has 6 heteroatoms. The van der Waals surface area contributed by atoms with Crippen LogP contribution in [-0.4, -0.2) is 18.5 Å². The first-order chi connectivity index (χ1) is 5.15. The van der Waals surface area contributed by atoms with Crippen LogP contribution in [0.25, 0.3) is 0 Å². The second-order valence-electron chi connectivity index (χ2n) is 1.43. The Morgan fingerprint density at radius 2 is 1.73 bits per heavy atom. The molecule has 0 saturated heterocycles. The highest BCUT2D eigenvalue weighted by molar-refractivity contribution is 9.93. The second kappa shape index (κ2) is 14.8. The van der Waals surface area contributed by atoms with Gasteiger partial charge in [0.25, 0.3) is 0 Å². The number of rotatable bonds is 4. The zero-order valence-corrected chi connectivity index (χ0v) is 13.4. The van der Waals surface area contributed by atoms with Gasteiger partial charge in [-0.05, 0) is 59.8 Å². The lowest BCUT2D eigenvalue weighted by atomic mass is 10.5. The molecule has 0 spiro atoms. The van der Waals surface area contributed by atoms with E-state index in [2.05, 4.69) is 62.4 Å². The van der Waals surface area contributed by atoms with E-state index in [9.17, 15) is 0 Å². The molecule has 0 fully saturated rings. The monoisotopic (exact) mass is 434 g/mol. The minimum Gasteiger partial charge on any atom is -0.382 e. The zero-order valence-electron chi connectivity index (χ0n) is 6.20. The number of ether oxygens (including phenoxy) is 1. The number of hydrogen-bond donors (Lipinski definition) is 0. The van der Waals surface area contributed by atoms with E-state index < -0.39 is 0 Å². The van der Waals surface area contributed by atoms with Crippen LogP contribution in [-0.2, 0) is 4.74 Å². The first kappa shape index (κ1) is 15.8. The van der Waals surface area contributed by atoms with E-state index in [1.54, 1.807) is 0 Å². The SMILES string of the molecule is BrP(Br)Br.CCOCCCBr. The maximum atomic E-state index is 5.04. The summed E-state index contributed by atoms with van der Waals surface area (Å²) in [6.45, 7) is 3.74. The van der Waals surface area contributed by atoms with E-state index in [0.29, 0.717) is 0 Å². The topological polar surface area (TPSA) is 9.23 Å². The molecule has 0 aliphatic heterocycles. The van der Waals surface area contributed by atoms with Crippen molar-refractivity contribution in [1.29, 1.82) is 0 Å². The van der Waals surface area contributed by atoms with E-state index in [1.807, 2.05) is 6.92 Å². The maximum absolute atomic E-state index is 5.04. The van der Waals surface area contributed by atoms with Gasteiger partial charge in [-0.2, -0.15) is 0 Å². The summed E-state index contributed by atoms with van der Waals surface area (Å²) < 4.78 is 4.86. The van der Waals surface area contributed by atoms with Crippen molar-refractivity contribution in [3.63, 3.8) is 0 Å². The van der Waals surface area contributed by atoms with Crippen molar-refractivity contribution in [2.45, 2.75) is 13.3 Å². The fraction of sp³-hybridized carbons (Fsp3) is 1.00. The minimum absolute atomic E-state index is 0.183. The molecule has 0 aromatic carbocycles. The first-order valence-corrected chi connectivity index (χ1v) is 11.6. The average molecular weight is 438 g/mol. The third-order valence-corrected chi connectivity index (χ3v) is 1.19. The van der Waals surface area contributed by atoms with Crippen molar-refractivity contribution in [2.75, 3.05) is 18.5 Å². The van der Waals surface area contributed by atoms with Crippen LogP contribution in [0, 0.1) is 0 Å². The van der Waals surface area contributed by atoms with Gasteiger partial charge in [0, 0.05) is 18.5 Å². The van der Waals surface area contributed by atoms with Gasteiger partial charge < -0.3 is 4.74 Å². The lowest BCUT2D eigenvalue weighted by molar-refractivity contribution is 0.149. The predicted molar refractivity (Wildman–Crippen MR) is 68.6 cm³/mol. The molecule has 0 aliphatic carbocycles. The summed E-state index contributed by atoms with van der Waals surface area (Å²) in [4.78, 5) is 0. The molecule has 0 aromatic heterocycles. The van der Waals surface area contributed by atoms with Gasteiger partial charge in [0.1, 0.15) is 4.03 Å². The molecular weight excluding hydrogens is 427 g/mol. The van der Waals surface area contributed by atoms with Crippen molar-refractivity contribution in [3.8, 4) is 0 Å². The summed E-state index contributed by atoms with van der Waals surface area (Å²) in [5.41, 5.74) is 0. The summed E-state index contributed by atoms with van der Waals surface area (Å²) in [5, 5.41) is 1.05. The predicted octanol–water partition coefficient (Wildman–Crippen LogP) is 5.21. The average Bonchev–Trinajstić information content (AvgIpc) is 1.88. The van der Waals surface area contributed by atoms with E-state index in [0.717, 1.165) is 25.0 Å². The van der Waals surface area contributed by atoms with Gasteiger partial charge in [0.05, 0.1) is 0 Å². The lowest BCUT2D eigenvalue weighted by Gasteiger charge is -1.94. The Morgan fingerprint density at radius 1 is 1.27 bits per heavy atom. The standard InChI is InChI=1S/C5H11BrO.Br3P/c1-2-7-5-3-4-6;1-4(2)3/h2-5H2,1H3;. The number of hydrogen-bond acceptors (Lipinski definition) is 1. The van der Waals surface area contributed by atoms with Crippen LogP contribution in [0.2, 0.25) is 0 Å². The van der Waals surface area contributed by atoms with Crippen molar-refractivity contribution >= 4 is 66.4 Å². The highest BCUT2D eigenvalue weighted by Crippen LogP contribution is 2.59. The van der Waals surface area contributed by atoms with Gasteiger partial charge in [0.2, 0.25) is 0 Å². The number of halogens is 4. The van der Waals surface area contributed by atoms with E-state index in [1.165, 1.54) is 0 Å². The molecule has 0 heterocycles. The van der Waals surface area contributed by atoms with Crippen molar-refractivity contribution < 1.29 is 4.74 Å². The summed E-state index contributed by atoms with van der Waals surface area (Å²) in [6.07, 6.45) is 1.12. The molecule has 0 rings (SSSR count). The van der Waals surface area contributed by atoms with Gasteiger partial charge in [-0.15, -0.1) is 0 Å². The summed E-state index contributed by atoms with van der Waals surface area (Å²) >= 11 is 12.8. The fourth-order valence-electron chi connectivity index (χ4n) is 0.301. The third kappa shape index (κ3) is 32.9. The highest BCUT2D eigenvalue weighted by Gasteiger charge is 1.79. The largest absolute Gasteiger partial charge is 0.382 e. The minimum atomic E-state index is -0.183. The van der Waals surface area contributed by atoms with Gasteiger partial charge >= 0.3 is 0 Å². The molecule has 0 saturated carbocycles. The Hall–Kier alpha value is 2.31. The highest BCUT2D eigenvalue weighted by atomic mass is 80.0. The summed E-state index contributed by atoms with van der Waals surface area (Å²) in [6, 6.07) is 0. The molecular formula is C5H11Br4OP. The molecule has 11 heavy (non-hydrogen) atoms. The van der Waals surface area contributed by atoms with Crippen LogP contribution >= 0.6 is 66.4 Å². The Balaban J connectivity index is 0. The molecule has 0 unspecified atom stereocenters. The quantitative estimate of drug-likeness (QED) is 0.333. The second-order valence-corrected chi connectivity index (χ2v) is 17.6. The van der Waals surface area contributed by atoms with Crippen LogP contribution in [0.1, 0.15) is 13.3 Å². The Bertz CT molecular complexity index is 57.7. The first-order valence-electron chi connectivity index (χ1n) is 3.06. The normalized spacial score (nSPS) is 9.27. The third-order valence-electron chi connectivity index (χ3n) is 0.626. The molecule has 0 aromatic rings. The van der Waals surface area contributed by atoms with Crippen LogP contribution in [0.15, 0.2) is 0 Å². The molecule has 0 atom stereocenters. The van der Waals surface area contributed by atoms with Crippen LogP contribution in [0.4, 0.5) is 0 Å². The van der Waals surface area contributed by atoms with Crippen molar-refractivity contribution in [2.24, 2.45) is 0 Å². The van der Waals surface area contributed by atoms with E-state index in [4.69, 9.17) is 4.74 Å². The molecule has 70 valence electrons. The molecule has 0 aliphatic rings. The van der Waals surface area contributed by atoms with Gasteiger partial charge in [0.15, 0.2) is 0 Å². The molecule has 0 amide bonds. The van der Waals surface area contributed by atoms with E-state index >= 15 is 0 Å². The van der Waals surface area contributed by atoms with Crippen LogP contribution < -0.4 is 0 Å². The lowest BCUT2D eigenvalue weighted by Crippen LogP contribution is -1.92. The molecule has 0 radical (unpaired) electrons. The Kier molecular flexibility index (Phi) is 21.2. The molecule has 0 N–H and O–H groups in total. The Morgan fingerprint density at radius 3 is 2.00 bits per heavy atom. The molecule has 0 bridgehead atoms. The number of alkyl halides is 1. The molecule has 1 nitrogen and oxygen atoms in total. The maximum Gasteiger partial charge on any atom is 0.103 e. The smallest absolute Gasteiger partial charge is 0.103 e. The zero-order chi connectivity index (χ0) is 9.11. The Labute approximate surface area is 102 Å². The van der Waals surface area contributed by atoms with Crippen LogP contribution in [0.3, 0.4) is 0 Å². The van der Waals surface area contributed by atoms with E-state index in [-0.39, 0.29) is 4.03 Å². The van der Waals surface area contributed by atoms with Gasteiger partial charge in [-0.3, -0.25) is 0 Å². The van der Waals surface area contributed by atoms with Gasteiger partial charge in [-0.1, -0.05) is 15.9 Å². The van der Waals surface area contributed by atoms with Crippen LogP contribution in [0.5, 0.6) is 0 Å². The van der Waals surface area contributed by atoms with Crippen molar-refractivity contribution in [1.82, 2.24) is 0 Å². The van der Waals surface area contributed by atoms with Crippen molar-refractivity contribution in [3.05, 3.63) is 0 Å². The van der Waals surface area contributed by atoms with Gasteiger partial charge in [-0.25, -0.2) is 0 Å². The summed E-state index contributed by atoms with van der Waals surface area (Å²) in [7, 11) is 0. The fourth-order valence-corrected chi connectivity index (χ4v) is 0.530.